The van der Waals surface area contributed by atoms with Gasteiger partial charge in [-0.05, 0) is 42.3 Å². The van der Waals surface area contributed by atoms with Gasteiger partial charge in [-0.3, -0.25) is 0 Å². The molecular weight excluding hydrogens is 335 g/mol. The average Bonchev–Trinajstić information content (AvgIpc) is 2.55. The Morgan fingerprint density at radius 1 is 1.17 bits per heavy atom. The first-order valence-electron chi connectivity index (χ1n) is 7.30. The van der Waals surface area contributed by atoms with Crippen molar-refractivity contribution < 1.29 is 9.53 Å². The van der Waals surface area contributed by atoms with E-state index in [1.54, 1.807) is 18.2 Å². The number of hydrogen-bond donors (Lipinski definition) is 2. The second-order valence-corrected chi connectivity index (χ2v) is 5.70. The molecule has 2 N–H and O–H groups in total. The molecule has 0 saturated heterocycles. The topological polar surface area (TPSA) is 50.4 Å². The molecule has 0 aromatic heterocycles. The van der Waals surface area contributed by atoms with Crippen LogP contribution in [0.4, 0.5) is 10.5 Å². The van der Waals surface area contributed by atoms with Gasteiger partial charge in [0, 0.05) is 5.02 Å². The maximum atomic E-state index is 11.8. The van der Waals surface area contributed by atoms with Crippen LogP contribution in [-0.2, 0) is 6.42 Å². The van der Waals surface area contributed by atoms with E-state index in [-0.39, 0.29) is 6.03 Å². The monoisotopic (exact) mass is 352 g/mol. The zero-order valence-corrected chi connectivity index (χ0v) is 14.2. The molecule has 0 heterocycles. The van der Waals surface area contributed by atoms with Crippen molar-refractivity contribution in [2.45, 2.75) is 13.3 Å². The standard InChI is InChI=1S/C17H18Cl2N2O2/c1-2-12-4-3-5-14(10-12)23-9-8-20-17(22)21-16-11-13(18)6-7-15(16)19/h3-7,10-11H,2,8-9H2,1H3,(H2,20,21,22). The first-order valence-corrected chi connectivity index (χ1v) is 8.05. The van der Waals surface area contributed by atoms with Crippen molar-refractivity contribution in [3.05, 3.63) is 58.1 Å². The van der Waals surface area contributed by atoms with Crippen LogP contribution in [-0.4, -0.2) is 19.2 Å². The number of anilines is 1. The predicted molar refractivity (Wildman–Crippen MR) is 94.8 cm³/mol. The zero-order valence-electron chi connectivity index (χ0n) is 12.7. The highest BCUT2D eigenvalue weighted by atomic mass is 35.5. The van der Waals surface area contributed by atoms with Crippen molar-refractivity contribution in [1.82, 2.24) is 5.32 Å². The Morgan fingerprint density at radius 2 is 2.00 bits per heavy atom. The van der Waals surface area contributed by atoms with Gasteiger partial charge in [0.05, 0.1) is 17.3 Å². The molecule has 2 aromatic carbocycles. The highest BCUT2D eigenvalue weighted by Crippen LogP contribution is 2.25. The van der Waals surface area contributed by atoms with Crippen molar-refractivity contribution in [3.63, 3.8) is 0 Å². The average molecular weight is 353 g/mol. The molecule has 0 bridgehead atoms. The van der Waals surface area contributed by atoms with Gasteiger partial charge in [0.15, 0.2) is 0 Å². The van der Waals surface area contributed by atoms with Gasteiger partial charge in [-0.2, -0.15) is 0 Å². The molecule has 0 fully saturated rings. The molecule has 6 heteroatoms. The summed E-state index contributed by atoms with van der Waals surface area (Å²) in [4.78, 5) is 11.8. The van der Waals surface area contributed by atoms with Crippen molar-refractivity contribution in [3.8, 4) is 5.75 Å². The second kappa shape index (κ2) is 8.65. The quantitative estimate of drug-likeness (QED) is 0.736. The fourth-order valence-corrected chi connectivity index (χ4v) is 2.29. The number of urea groups is 1. The molecule has 0 aliphatic carbocycles. The van der Waals surface area contributed by atoms with E-state index >= 15 is 0 Å². The molecule has 23 heavy (non-hydrogen) atoms. The molecule has 0 unspecified atom stereocenters. The lowest BCUT2D eigenvalue weighted by Gasteiger charge is -2.10. The second-order valence-electron chi connectivity index (χ2n) is 4.85. The summed E-state index contributed by atoms with van der Waals surface area (Å²) in [6.45, 7) is 2.84. The summed E-state index contributed by atoms with van der Waals surface area (Å²) < 4.78 is 5.60. The molecule has 0 atom stereocenters. The number of benzene rings is 2. The van der Waals surface area contributed by atoms with Crippen LogP contribution in [0.15, 0.2) is 42.5 Å². The van der Waals surface area contributed by atoms with Crippen LogP contribution in [0.25, 0.3) is 0 Å². The number of halogens is 2. The van der Waals surface area contributed by atoms with E-state index in [0.29, 0.717) is 28.9 Å². The van der Waals surface area contributed by atoms with Crippen LogP contribution in [0.2, 0.25) is 10.0 Å². The van der Waals surface area contributed by atoms with Gasteiger partial charge < -0.3 is 15.4 Å². The van der Waals surface area contributed by atoms with Crippen LogP contribution in [0.3, 0.4) is 0 Å². The van der Waals surface area contributed by atoms with E-state index < -0.39 is 0 Å². The van der Waals surface area contributed by atoms with E-state index in [1.165, 1.54) is 5.56 Å². The molecule has 2 aromatic rings. The van der Waals surface area contributed by atoms with Gasteiger partial charge in [0.2, 0.25) is 0 Å². The molecule has 2 rings (SSSR count). The lowest BCUT2D eigenvalue weighted by molar-refractivity contribution is 0.247. The van der Waals surface area contributed by atoms with Crippen molar-refractivity contribution >= 4 is 34.9 Å². The van der Waals surface area contributed by atoms with Crippen LogP contribution >= 0.6 is 23.2 Å². The fourth-order valence-electron chi connectivity index (χ4n) is 1.95. The Bertz CT molecular complexity index is 677. The smallest absolute Gasteiger partial charge is 0.319 e. The number of amides is 2. The lowest BCUT2D eigenvalue weighted by atomic mass is 10.2. The fraction of sp³-hybridized carbons (Fsp3) is 0.235. The minimum atomic E-state index is -0.361. The number of carbonyl (C=O) groups is 1. The summed E-state index contributed by atoms with van der Waals surface area (Å²) >= 11 is 11.9. The van der Waals surface area contributed by atoms with Crippen LogP contribution in [0.5, 0.6) is 5.75 Å². The summed E-state index contributed by atoms with van der Waals surface area (Å²) in [7, 11) is 0. The minimum Gasteiger partial charge on any atom is -0.492 e. The van der Waals surface area contributed by atoms with Gasteiger partial charge >= 0.3 is 6.03 Å². The summed E-state index contributed by atoms with van der Waals surface area (Å²) in [6.07, 6.45) is 0.957. The number of carbonyl (C=O) groups excluding carboxylic acids is 1. The van der Waals surface area contributed by atoms with Crippen LogP contribution in [0.1, 0.15) is 12.5 Å². The van der Waals surface area contributed by atoms with Crippen LogP contribution in [0, 0.1) is 0 Å². The normalized spacial score (nSPS) is 10.2. The van der Waals surface area contributed by atoms with E-state index in [0.717, 1.165) is 12.2 Å². The number of hydrogen-bond acceptors (Lipinski definition) is 2. The molecule has 0 radical (unpaired) electrons. The summed E-state index contributed by atoms with van der Waals surface area (Å²) in [5, 5.41) is 6.28. The molecule has 0 spiro atoms. The maximum absolute atomic E-state index is 11.8. The van der Waals surface area contributed by atoms with Crippen molar-refractivity contribution in [1.29, 1.82) is 0 Å². The highest BCUT2D eigenvalue weighted by molar-refractivity contribution is 6.35. The Morgan fingerprint density at radius 3 is 2.78 bits per heavy atom. The van der Waals surface area contributed by atoms with E-state index in [2.05, 4.69) is 17.6 Å². The lowest BCUT2D eigenvalue weighted by Crippen LogP contribution is -2.32. The molecule has 2 amide bonds. The van der Waals surface area contributed by atoms with Gasteiger partial charge in [0.25, 0.3) is 0 Å². The van der Waals surface area contributed by atoms with E-state index in [1.807, 2.05) is 24.3 Å². The Balaban J connectivity index is 1.75. The van der Waals surface area contributed by atoms with Crippen molar-refractivity contribution in [2.24, 2.45) is 0 Å². The number of ether oxygens (including phenoxy) is 1. The number of aryl methyl sites for hydroxylation is 1. The van der Waals surface area contributed by atoms with Gasteiger partial charge in [-0.15, -0.1) is 0 Å². The van der Waals surface area contributed by atoms with E-state index in [9.17, 15) is 4.79 Å². The molecular formula is C17H18Cl2N2O2. The maximum Gasteiger partial charge on any atom is 0.319 e. The van der Waals surface area contributed by atoms with Crippen LogP contribution < -0.4 is 15.4 Å². The third kappa shape index (κ3) is 5.66. The summed E-state index contributed by atoms with van der Waals surface area (Å²) in [6, 6.07) is 12.4. The SMILES string of the molecule is CCc1cccc(OCCNC(=O)Nc2cc(Cl)ccc2Cl)c1. The molecule has 0 saturated carbocycles. The third-order valence-corrected chi connectivity index (χ3v) is 3.70. The Kier molecular flexibility index (Phi) is 6.56. The number of nitrogens with one attached hydrogen (secondary N) is 2. The summed E-state index contributed by atoms with van der Waals surface area (Å²) in [5.74, 6) is 0.796. The molecule has 0 aliphatic rings. The van der Waals surface area contributed by atoms with Gasteiger partial charge in [0.1, 0.15) is 12.4 Å². The third-order valence-electron chi connectivity index (χ3n) is 3.14. The Hall–Kier alpha value is -1.91. The molecule has 0 aliphatic heterocycles. The first kappa shape index (κ1) is 17.4. The van der Waals surface area contributed by atoms with E-state index in [4.69, 9.17) is 27.9 Å². The molecule has 4 nitrogen and oxygen atoms in total. The van der Waals surface area contributed by atoms with Gasteiger partial charge in [-0.25, -0.2) is 4.79 Å². The summed E-state index contributed by atoms with van der Waals surface area (Å²) in [5.41, 5.74) is 1.68. The minimum absolute atomic E-state index is 0.361. The predicted octanol–water partition coefficient (Wildman–Crippen LogP) is 4.76. The Labute approximate surface area is 145 Å². The largest absolute Gasteiger partial charge is 0.492 e. The molecule has 122 valence electrons. The first-order chi connectivity index (χ1) is 11.1. The van der Waals surface area contributed by atoms with Gasteiger partial charge in [-0.1, -0.05) is 42.3 Å². The number of rotatable bonds is 6. The zero-order chi connectivity index (χ0) is 16.7. The van der Waals surface area contributed by atoms with Crippen molar-refractivity contribution in [2.75, 3.05) is 18.5 Å². The highest BCUT2D eigenvalue weighted by Gasteiger charge is 2.06.